The summed E-state index contributed by atoms with van der Waals surface area (Å²) in [5.41, 5.74) is 2.79. The lowest BCUT2D eigenvalue weighted by atomic mass is 10.1. The van der Waals surface area contributed by atoms with E-state index in [2.05, 4.69) is 5.10 Å². The average molecular weight is 447 g/mol. The van der Waals surface area contributed by atoms with Gasteiger partial charge in [0.2, 0.25) is 0 Å². The molecule has 2 amide bonds. The molecule has 7 nitrogen and oxygen atoms in total. The first-order valence-corrected chi connectivity index (χ1v) is 11.0. The SMILES string of the molecule is Cc1nn(Cc2cccc(C(=O)N3CCCN(C(=O)OC(C)(C)C)CC3)c2)c(C)c1Cl. The number of rotatable bonds is 3. The minimum atomic E-state index is -0.533. The summed E-state index contributed by atoms with van der Waals surface area (Å²) in [6.45, 7) is 12.1. The Morgan fingerprint density at radius 3 is 2.42 bits per heavy atom. The van der Waals surface area contributed by atoms with Crippen LogP contribution in [0.1, 0.15) is 54.5 Å². The number of hydrogen-bond acceptors (Lipinski definition) is 4. The fourth-order valence-electron chi connectivity index (χ4n) is 3.62. The largest absolute Gasteiger partial charge is 0.444 e. The second-order valence-electron chi connectivity index (χ2n) is 8.96. The number of aromatic nitrogens is 2. The highest BCUT2D eigenvalue weighted by molar-refractivity contribution is 6.31. The minimum absolute atomic E-state index is 0.0284. The maximum absolute atomic E-state index is 13.1. The van der Waals surface area contributed by atoms with Gasteiger partial charge in [-0.2, -0.15) is 5.10 Å². The summed E-state index contributed by atoms with van der Waals surface area (Å²) in [6, 6.07) is 7.61. The molecule has 1 fully saturated rings. The minimum Gasteiger partial charge on any atom is -0.444 e. The fraction of sp³-hybridized carbons (Fsp3) is 0.522. The molecule has 0 bridgehead atoms. The molecule has 2 heterocycles. The van der Waals surface area contributed by atoms with Crippen molar-refractivity contribution in [2.75, 3.05) is 26.2 Å². The molecule has 3 rings (SSSR count). The van der Waals surface area contributed by atoms with Crippen molar-refractivity contribution in [3.63, 3.8) is 0 Å². The molecule has 1 aromatic heterocycles. The van der Waals surface area contributed by atoms with Gasteiger partial charge in [-0.05, 0) is 58.7 Å². The first kappa shape index (κ1) is 23.1. The highest BCUT2D eigenvalue weighted by Crippen LogP contribution is 2.20. The number of ether oxygens (including phenoxy) is 1. The Bertz CT molecular complexity index is 964. The van der Waals surface area contributed by atoms with Crippen LogP contribution >= 0.6 is 11.6 Å². The Hall–Kier alpha value is -2.54. The van der Waals surface area contributed by atoms with Crippen molar-refractivity contribution in [2.24, 2.45) is 0 Å². The van der Waals surface area contributed by atoms with Gasteiger partial charge in [-0.25, -0.2) is 4.79 Å². The van der Waals surface area contributed by atoms with Crippen LogP contribution in [0.15, 0.2) is 24.3 Å². The molecular formula is C23H31ClN4O3. The number of nitrogens with zero attached hydrogens (tertiary/aromatic N) is 4. The third kappa shape index (κ3) is 5.79. The number of aryl methyl sites for hydroxylation is 1. The molecule has 1 aliphatic rings. The fourth-order valence-corrected chi connectivity index (χ4v) is 3.75. The van der Waals surface area contributed by atoms with Crippen LogP contribution in [-0.4, -0.2) is 63.4 Å². The molecule has 168 valence electrons. The van der Waals surface area contributed by atoms with Crippen molar-refractivity contribution < 1.29 is 14.3 Å². The molecule has 1 aromatic carbocycles. The maximum Gasteiger partial charge on any atom is 0.410 e. The normalized spacial score (nSPS) is 15.0. The lowest BCUT2D eigenvalue weighted by Crippen LogP contribution is -2.40. The summed E-state index contributed by atoms with van der Waals surface area (Å²) in [6.07, 6.45) is 0.391. The van der Waals surface area contributed by atoms with Crippen LogP contribution in [0.5, 0.6) is 0 Å². The van der Waals surface area contributed by atoms with Crippen LogP contribution in [0.25, 0.3) is 0 Å². The van der Waals surface area contributed by atoms with E-state index in [4.69, 9.17) is 16.3 Å². The number of amides is 2. The summed E-state index contributed by atoms with van der Waals surface area (Å²) in [5, 5.41) is 5.14. The van der Waals surface area contributed by atoms with Crippen molar-refractivity contribution in [1.29, 1.82) is 0 Å². The zero-order valence-electron chi connectivity index (χ0n) is 18.9. The zero-order chi connectivity index (χ0) is 22.8. The first-order valence-electron chi connectivity index (χ1n) is 10.6. The molecule has 0 aliphatic carbocycles. The van der Waals surface area contributed by atoms with E-state index in [0.29, 0.717) is 43.3 Å². The van der Waals surface area contributed by atoms with Gasteiger partial charge in [0.15, 0.2) is 0 Å². The topological polar surface area (TPSA) is 67.7 Å². The van der Waals surface area contributed by atoms with Crippen molar-refractivity contribution >= 4 is 23.6 Å². The van der Waals surface area contributed by atoms with E-state index < -0.39 is 5.60 Å². The third-order valence-corrected chi connectivity index (χ3v) is 5.78. The van der Waals surface area contributed by atoms with Gasteiger partial charge >= 0.3 is 6.09 Å². The van der Waals surface area contributed by atoms with Gasteiger partial charge in [0.1, 0.15) is 5.60 Å². The summed E-state index contributed by atoms with van der Waals surface area (Å²) >= 11 is 6.25. The van der Waals surface area contributed by atoms with E-state index in [9.17, 15) is 9.59 Å². The maximum atomic E-state index is 13.1. The molecule has 0 spiro atoms. The number of halogens is 1. The lowest BCUT2D eigenvalue weighted by molar-refractivity contribution is 0.0255. The molecule has 2 aromatic rings. The van der Waals surface area contributed by atoms with Gasteiger partial charge in [0.05, 0.1) is 23.0 Å². The highest BCUT2D eigenvalue weighted by Gasteiger charge is 2.26. The second-order valence-corrected chi connectivity index (χ2v) is 9.33. The third-order valence-electron chi connectivity index (χ3n) is 5.23. The highest BCUT2D eigenvalue weighted by atomic mass is 35.5. The number of hydrogen-bond donors (Lipinski definition) is 0. The van der Waals surface area contributed by atoms with Crippen molar-refractivity contribution in [3.8, 4) is 0 Å². The Morgan fingerprint density at radius 2 is 1.77 bits per heavy atom. The number of benzene rings is 1. The van der Waals surface area contributed by atoms with Gasteiger partial charge in [-0.15, -0.1) is 0 Å². The van der Waals surface area contributed by atoms with Crippen molar-refractivity contribution in [2.45, 2.75) is 53.2 Å². The van der Waals surface area contributed by atoms with E-state index >= 15 is 0 Å². The molecular weight excluding hydrogens is 416 g/mol. The zero-order valence-corrected chi connectivity index (χ0v) is 19.7. The van der Waals surface area contributed by atoms with Crippen LogP contribution in [0, 0.1) is 13.8 Å². The second kappa shape index (κ2) is 9.30. The molecule has 0 atom stereocenters. The lowest BCUT2D eigenvalue weighted by Gasteiger charge is -2.26. The van der Waals surface area contributed by atoms with Crippen LogP contribution < -0.4 is 0 Å². The van der Waals surface area contributed by atoms with E-state index in [1.54, 1.807) is 4.90 Å². The summed E-state index contributed by atoms with van der Waals surface area (Å²) in [7, 11) is 0. The predicted octanol–water partition coefficient (Wildman–Crippen LogP) is 4.28. The molecule has 1 aliphatic heterocycles. The molecule has 1 saturated heterocycles. The van der Waals surface area contributed by atoms with E-state index in [1.807, 2.05) is 68.5 Å². The van der Waals surface area contributed by atoms with E-state index in [-0.39, 0.29) is 12.0 Å². The van der Waals surface area contributed by atoms with Gasteiger partial charge < -0.3 is 14.5 Å². The molecule has 8 heteroatoms. The van der Waals surface area contributed by atoms with Crippen molar-refractivity contribution in [1.82, 2.24) is 19.6 Å². The molecule has 0 unspecified atom stereocenters. The Labute approximate surface area is 188 Å². The van der Waals surface area contributed by atoms with Gasteiger partial charge in [-0.1, -0.05) is 23.7 Å². The van der Waals surface area contributed by atoms with Gasteiger partial charge in [0, 0.05) is 31.7 Å². The van der Waals surface area contributed by atoms with E-state index in [0.717, 1.165) is 23.4 Å². The van der Waals surface area contributed by atoms with Gasteiger partial charge in [0.25, 0.3) is 5.91 Å². The Kier molecular flexibility index (Phi) is 6.94. The quantitative estimate of drug-likeness (QED) is 0.705. The summed E-state index contributed by atoms with van der Waals surface area (Å²) in [5.74, 6) is -0.0284. The average Bonchev–Trinajstić information content (AvgIpc) is 2.89. The first-order chi connectivity index (χ1) is 14.5. The predicted molar refractivity (Wildman–Crippen MR) is 121 cm³/mol. The Balaban J connectivity index is 1.67. The van der Waals surface area contributed by atoms with Crippen LogP contribution in [0.2, 0.25) is 5.02 Å². The molecule has 0 N–H and O–H groups in total. The number of carbonyl (C=O) groups is 2. The Morgan fingerprint density at radius 1 is 1.10 bits per heavy atom. The number of carbonyl (C=O) groups excluding carboxylic acids is 2. The van der Waals surface area contributed by atoms with E-state index in [1.165, 1.54) is 0 Å². The molecule has 0 saturated carbocycles. The van der Waals surface area contributed by atoms with Crippen LogP contribution in [0.4, 0.5) is 4.79 Å². The summed E-state index contributed by atoms with van der Waals surface area (Å²) in [4.78, 5) is 29.0. The van der Waals surface area contributed by atoms with Crippen LogP contribution in [-0.2, 0) is 11.3 Å². The van der Waals surface area contributed by atoms with Gasteiger partial charge in [-0.3, -0.25) is 9.48 Å². The smallest absolute Gasteiger partial charge is 0.410 e. The molecule has 0 radical (unpaired) electrons. The standard InChI is InChI=1S/C23H31ClN4O3/c1-16-20(24)17(2)28(25-16)15-18-8-6-9-19(14-18)21(29)26-10-7-11-27(13-12-26)22(30)31-23(3,4)5/h6,8-9,14H,7,10-13,15H2,1-5H3. The molecule has 31 heavy (non-hydrogen) atoms. The van der Waals surface area contributed by atoms with Crippen molar-refractivity contribution in [3.05, 3.63) is 51.8 Å². The van der Waals surface area contributed by atoms with Crippen LogP contribution in [0.3, 0.4) is 0 Å². The monoisotopic (exact) mass is 446 g/mol. The summed E-state index contributed by atoms with van der Waals surface area (Å²) < 4.78 is 7.32.